The number of hydrogen-bond acceptors (Lipinski definition) is 4. The Morgan fingerprint density at radius 1 is 0.939 bits per heavy atom. The molecule has 1 aromatic heterocycles. The van der Waals surface area contributed by atoms with Gasteiger partial charge in [0.2, 0.25) is 5.91 Å². The quantitative estimate of drug-likeness (QED) is 0.590. The standard InChI is InChI=1S/C26H26ClN3O3/c27-22-8-3-5-19(15-22)17-28-10-12-29(13-11-28)25(31)23-16-20-6-1-2-7-21(20)18-30(23)26(32)24-9-4-14-33-24/h1-9,14-15,23H,10-13,16-18H2. The molecule has 33 heavy (non-hydrogen) atoms. The van der Waals surface area contributed by atoms with Gasteiger partial charge in [-0.05, 0) is 41.0 Å². The van der Waals surface area contributed by atoms with E-state index in [2.05, 4.69) is 11.0 Å². The van der Waals surface area contributed by atoms with Crippen molar-refractivity contribution in [2.24, 2.45) is 0 Å². The van der Waals surface area contributed by atoms with E-state index in [0.717, 1.165) is 35.8 Å². The van der Waals surface area contributed by atoms with Gasteiger partial charge in [-0.3, -0.25) is 14.5 Å². The summed E-state index contributed by atoms with van der Waals surface area (Å²) in [6.45, 7) is 4.06. The number of amides is 2. The Hall–Kier alpha value is -3.09. The summed E-state index contributed by atoms with van der Waals surface area (Å²) in [7, 11) is 0. The molecule has 170 valence electrons. The summed E-state index contributed by atoms with van der Waals surface area (Å²) in [6.07, 6.45) is 2.01. The third kappa shape index (κ3) is 4.68. The van der Waals surface area contributed by atoms with Crippen LogP contribution in [0.5, 0.6) is 0 Å². The van der Waals surface area contributed by atoms with E-state index >= 15 is 0 Å². The van der Waals surface area contributed by atoms with Crippen LogP contribution in [0.15, 0.2) is 71.3 Å². The largest absolute Gasteiger partial charge is 0.459 e. The van der Waals surface area contributed by atoms with Crippen LogP contribution in [0.2, 0.25) is 5.02 Å². The number of nitrogens with zero attached hydrogens (tertiary/aromatic N) is 3. The summed E-state index contributed by atoms with van der Waals surface area (Å²) >= 11 is 6.12. The molecule has 0 N–H and O–H groups in total. The molecule has 1 saturated heterocycles. The number of benzene rings is 2. The zero-order valence-corrected chi connectivity index (χ0v) is 19.1. The molecule has 1 unspecified atom stereocenters. The lowest BCUT2D eigenvalue weighted by molar-refractivity contribution is -0.138. The molecule has 5 rings (SSSR count). The van der Waals surface area contributed by atoms with E-state index in [9.17, 15) is 9.59 Å². The monoisotopic (exact) mass is 463 g/mol. The molecule has 6 nitrogen and oxygen atoms in total. The van der Waals surface area contributed by atoms with Crippen LogP contribution in [0.4, 0.5) is 0 Å². The fourth-order valence-corrected chi connectivity index (χ4v) is 4.94. The molecular formula is C26H26ClN3O3. The summed E-state index contributed by atoms with van der Waals surface area (Å²) < 4.78 is 5.36. The zero-order chi connectivity index (χ0) is 22.8. The SMILES string of the molecule is O=C(C1Cc2ccccc2CN1C(=O)c1ccco1)N1CCN(Cc2cccc(Cl)c2)CC1. The fourth-order valence-electron chi connectivity index (χ4n) is 4.73. The van der Waals surface area contributed by atoms with E-state index in [-0.39, 0.29) is 17.6 Å². The van der Waals surface area contributed by atoms with Gasteiger partial charge in [0.05, 0.1) is 6.26 Å². The highest BCUT2D eigenvalue weighted by atomic mass is 35.5. The van der Waals surface area contributed by atoms with Crippen LogP contribution in [0.25, 0.3) is 0 Å². The molecule has 0 spiro atoms. The minimum Gasteiger partial charge on any atom is -0.459 e. The van der Waals surface area contributed by atoms with Crippen molar-refractivity contribution in [3.05, 3.63) is 94.4 Å². The normalized spacial score (nSPS) is 18.8. The van der Waals surface area contributed by atoms with Crippen LogP contribution in [-0.2, 0) is 24.3 Å². The van der Waals surface area contributed by atoms with Gasteiger partial charge in [0.1, 0.15) is 6.04 Å². The van der Waals surface area contributed by atoms with Crippen molar-refractivity contribution < 1.29 is 14.0 Å². The lowest BCUT2D eigenvalue weighted by Crippen LogP contribution is -2.57. The van der Waals surface area contributed by atoms with Crippen molar-refractivity contribution in [2.45, 2.75) is 25.6 Å². The average Bonchev–Trinajstić information content (AvgIpc) is 3.38. The minimum absolute atomic E-state index is 0.00631. The van der Waals surface area contributed by atoms with E-state index in [4.69, 9.17) is 16.0 Å². The highest BCUT2D eigenvalue weighted by Gasteiger charge is 2.38. The van der Waals surface area contributed by atoms with Crippen LogP contribution < -0.4 is 0 Å². The van der Waals surface area contributed by atoms with Gasteiger partial charge in [-0.15, -0.1) is 0 Å². The van der Waals surface area contributed by atoms with E-state index in [0.29, 0.717) is 26.1 Å². The molecule has 0 aliphatic carbocycles. The molecule has 0 bridgehead atoms. The second-order valence-electron chi connectivity index (χ2n) is 8.63. The number of carbonyl (C=O) groups is 2. The third-order valence-corrected chi connectivity index (χ3v) is 6.74. The highest BCUT2D eigenvalue weighted by Crippen LogP contribution is 2.27. The predicted octanol–water partition coefficient (Wildman–Crippen LogP) is 3.84. The summed E-state index contributed by atoms with van der Waals surface area (Å²) in [5, 5.41) is 0.736. The number of fused-ring (bicyclic) bond motifs is 1. The lowest BCUT2D eigenvalue weighted by Gasteiger charge is -2.41. The molecule has 0 saturated carbocycles. The second kappa shape index (κ2) is 9.41. The van der Waals surface area contributed by atoms with Crippen molar-refractivity contribution >= 4 is 23.4 Å². The van der Waals surface area contributed by atoms with Gasteiger partial charge < -0.3 is 14.2 Å². The molecule has 2 aliphatic rings. The molecule has 3 aromatic rings. The Morgan fingerprint density at radius 3 is 2.45 bits per heavy atom. The van der Waals surface area contributed by atoms with Crippen LogP contribution in [-0.4, -0.2) is 58.7 Å². The van der Waals surface area contributed by atoms with Gasteiger partial charge in [-0.2, -0.15) is 0 Å². The number of carbonyl (C=O) groups excluding carboxylic acids is 2. The van der Waals surface area contributed by atoms with Gasteiger partial charge in [-0.25, -0.2) is 0 Å². The van der Waals surface area contributed by atoms with Crippen LogP contribution in [0.1, 0.15) is 27.2 Å². The van der Waals surface area contributed by atoms with Crippen molar-refractivity contribution in [2.75, 3.05) is 26.2 Å². The van der Waals surface area contributed by atoms with Gasteiger partial charge in [0, 0.05) is 50.7 Å². The van der Waals surface area contributed by atoms with Crippen LogP contribution in [0, 0.1) is 0 Å². The number of hydrogen-bond donors (Lipinski definition) is 0. The Kier molecular flexibility index (Phi) is 6.20. The Morgan fingerprint density at radius 2 is 1.73 bits per heavy atom. The summed E-state index contributed by atoms with van der Waals surface area (Å²) in [4.78, 5) is 32.7. The summed E-state index contributed by atoms with van der Waals surface area (Å²) in [5.74, 6) is 0.0257. The first-order chi connectivity index (χ1) is 16.1. The number of rotatable bonds is 4. The lowest BCUT2D eigenvalue weighted by atomic mass is 9.92. The van der Waals surface area contributed by atoms with E-state index in [1.54, 1.807) is 17.0 Å². The molecule has 1 atom stereocenters. The Bertz CT molecular complexity index is 1140. The first-order valence-corrected chi connectivity index (χ1v) is 11.6. The van der Waals surface area contributed by atoms with Crippen molar-refractivity contribution in [1.82, 2.24) is 14.7 Å². The molecule has 7 heteroatoms. The molecule has 3 heterocycles. The number of furan rings is 1. The van der Waals surface area contributed by atoms with Crippen molar-refractivity contribution in [1.29, 1.82) is 0 Å². The molecule has 1 fully saturated rings. The number of halogens is 1. The molecular weight excluding hydrogens is 438 g/mol. The summed E-state index contributed by atoms with van der Waals surface area (Å²) in [5.41, 5.74) is 3.37. The first kappa shape index (κ1) is 21.7. The maximum atomic E-state index is 13.6. The molecule has 2 aromatic carbocycles. The molecule has 0 radical (unpaired) electrons. The third-order valence-electron chi connectivity index (χ3n) is 6.51. The van der Waals surface area contributed by atoms with E-state index in [1.807, 2.05) is 47.4 Å². The number of piperazine rings is 1. The Labute approximate surface area is 198 Å². The maximum absolute atomic E-state index is 13.6. The zero-order valence-electron chi connectivity index (χ0n) is 18.3. The van der Waals surface area contributed by atoms with Gasteiger partial charge in [-0.1, -0.05) is 48.0 Å². The van der Waals surface area contributed by atoms with Crippen LogP contribution in [0.3, 0.4) is 0 Å². The first-order valence-electron chi connectivity index (χ1n) is 11.3. The van der Waals surface area contributed by atoms with Crippen molar-refractivity contribution in [3.8, 4) is 0 Å². The topological polar surface area (TPSA) is 57.0 Å². The van der Waals surface area contributed by atoms with Gasteiger partial charge in [0.25, 0.3) is 5.91 Å². The highest BCUT2D eigenvalue weighted by molar-refractivity contribution is 6.30. The summed E-state index contributed by atoms with van der Waals surface area (Å²) in [6, 6.07) is 18.7. The van der Waals surface area contributed by atoms with E-state index < -0.39 is 6.04 Å². The minimum atomic E-state index is -0.531. The van der Waals surface area contributed by atoms with Gasteiger partial charge >= 0.3 is 0 Å². The maximum Gasteiger partial charge on any atom is 0.290 e. The predicted molar refractivity (Wildman–Crippen MR) is 126 cm³/mol. The fraction of sp³-hybridized carbons (Fsp3) is 0.308. The van der Waals surface area contributed by atoms with Gasteiger partial charge in [0.15, 0.2) is 5.76 Å². The molecule has 2 amide bonds. The Balaban J connectivity index is 1.29. The van der Waals surface area contributed by atoms with E-state index in [1.165, 1.54) is 11.8 Å². The van der Waals surface area contributed by atoms with Crippen LogP contribution >= 0.6 is 11.6 Å². The molecule has 2 aliphatic heterocycles. The van der Waals surface area contributed by atoms with Crippen molar-refractivity contribution in [3.63, 3.8) is 0 Å². The second-order valence-corrected chi connectivity index (χ2v) is 9.07. The average molecular weight is 464 g/mol. The smallest absolute Gasteiger partial charge is 0.290 e.